The molecule has 0 bridgehead atoms. The zero-order valence-electron chi connectivity index (χ0n) is 14.5. The molecule has 1 aliphatic rings. The summed E-state index contributed by atoms with van der Waals surface area (Å²) in [6.45, 7) is 2.65. The number of benzene rings is 1. The minimum absolute atomic E-state index is 0.158. The predicted molar refractivity (Wildman–Crippen MR) is 92.7 cm³/mol. The number of nitrogens with zero attached hydrogens (tertiary/aromatic N) is 2. The molecule has 7 nitrogen and oxygen atoms in total. The molecule has 0 aliphatic carbocycles. The molecule has 2 amide bonds. The number of aryl methyl sites for hydroxylation is 1. The smallest absolute Gasteiger partial charge is 0.245 e. The number of hydrogen-bond donors (Lipinski definition) is 2. The van der Waals surface area contributed by atoms with Gasteiger partial charge in [-0.05, 0) is 32.4 Å². The summed E-state index contributed by atoms with van der Waals surface area (Å²) in [5.74, 6) is -0.000614. The summed E-state index contributed by atoms with van der Waals surface area (Å²) in [5.41, 5.74) is 0.561. The summed E-state index contributed by atoms with van der Waals surface area (Å²) < 4.78 is 18.7. The second kappa shape index (κ2) is 8.09. The monoisotopic (exact) mass is 360 g/mol. The zero-order valence-corrected chi connectivity index (χ0v) is 14.5. The summed E-state index contributed by atoms with van der Waals surface area (Å²) in [6.07, 6.45) is 1.54. The van der Waals surface area contributed by atoms with Crippen LogP contribution in [0.4, 0.5) is 10.2 Å². The van der Waals surface area contributed by atoms with Gasteiger partial charge in [0.1, 0.15) is 11.6 Å². The van der Waals surface area contributed by atoms with Crippen LogP contribution < -0.4 is 10.6 Å². The van der Waals surface area contributed by atoms with E-state index in [2.05, 4.69) is 15.8 Å². The third-order valence-electron chi connectivity index (χ3n) is 4.32. The van der Waals surface area contributed by atoms with E-state index in [9.17, 15) is 14.0 Å². The Balaban J connectivity index is 1.51. The van der Waals surface area contributed by atoms with Crippen molar-refractivity contribution in [1.82, 2.24) is 15.4 Å². The quantitative estimate of drug-likeness (QED) is 0.821. The van der Waals surface area contributed by atoms with Crippen molar-refractivity contribution in [2.45, 2.75) is 32.4 Å². The first-order chi connectivity index (χ1) is 12.5. The van der Waals surface area contributed by atoms with Crippen LogP contribution in [0, 0.1) is 12.7 Å². The van der Waals surface area contributed by atoms with E-state index < -0.39 is 0 Å². The lowest BCUT2D eigenvalue weighted by Gasteiger charge is -2.23. The van der Waals surface area contributed by atoms with E-state index in [1.807, 2.05) is 4.90 Å². The molecule has 1 aromatic carbocycles. The highest BCUT2D eigenvalue weighted by Gasteiger charge is 2.31. The van der Waals surface area contributed by atoms with E-state index in [4.69, 9.17) is 4.52 Å². The number of likely N-dealkylation sites (tertiary alicyclic amines) is 1. The lowest BCUT2D eigenvalue weighted by molar-refractivity contribution is -0.127. The number of halogens is 1. The molecule has 2 heterocycles. The highest BCUT2D eigenvalue weighted by atomic mass is 19.1. The highest BCUT2D eigenvalue weighted by Crippen LogP contribution is 2.21. The molecule has 2 N–H and O–H groups in total. The van der Waals surface area contributed by atoms with Gasteiger partial charge in [-0.15, -0.1) is 0 Å². The van der Waals surface area contributed by atoms with Crippen LogP contribution in [0.2, 0.25) is 0 Å². The minimum Gasteiger partial charge on any atom is -0.360 e. The zero-order chi connectivity index (χ0) is 18.5. The Kier molecular flexibility index (Phi) is 5.62. The Morgan fingerprint density at radius 1 is 1.38 bits per heavy atom. The summed E-state index contributed by atoms with van der Waals surface area (Å²) in [6, 6.07) is 7.78. The molecule has 0 radical (unpaired) electrons. The van der Waals surface area contributed by atoms with Gasteiger partial charge in [0.2, 0.25) is 11.8 Å². The van der Waals surface area contributed by atoms with Crippen molar-refractivity contribution in [3.8, 4) is 0 Å². The standard InChI is InChI=1S/C18H21FN4O3/c1-12-9-16(22-26-12)21-17(24)10-20-18(25)15-7-4-8-23(15)11-13-5-2-3-6-14(13)19/h2-3,5-6,9,15H,4,7-8,10-11H2,1H3,(H,20,25)(H,21,22,24). The molecule has 0 saturated carbocycles. The van der Waals surface area contributed by atoms with Gasteiger partial charge in [-0.25, -0.2) is 4.39 Å². The minimum atomic E-state index is -0.384. The molecule has 1 unspecified atom stereocenters. The van der Waals surface area contributed by atoms with Gasteiger partial charge in [-0.1, -0.05) is 23.4 Å². The normalized spacial score (nSPS) is 17.2. The molecule has 26 heavy (non-hydrogen) atoms. The molecule has 1 aliphatic heterocycles. The van der Waals surface area contributed by atoms with E-state index in [-0.39, 0.29) is 30.2 Å². The van der Waals surface area contributed by atoms with Crippen molar-refractivity contribution in [2.75, 3.05) is 18.4 Å². The number of nitrogens with one attached hydrogen (secondary N) is 2. The van der Waals surface area contributed by atoms with Crippen LogP contribution >= 0.6 is 0 Å². The number of amides is 2. The third-order valence-corrected chi connectivity index (χ3v) is 4.32. The number of carbonyl (C=O) groups excluding carboxylic acids is 2. The SMILES string of the molecule is Cc1cc(NC(=O)CNC(=O)C2CCCN2Cc2ccccc2F)no1. The third kappa shape index (κ3) is 4.45. The Morgan fingerprint density at radius 2 is 2.19 bits per heavy atom. The molecule has 2 aromatic rings. The number of aromatic nitrogens is 1. The van der Waals surface area contributed by atoms with E-state index >= 15 is 0 Å². The van der Waals surface area contributed by atoms with Crippen molar-refractivity contribution >= 4 is 17.6 Å². The van der Waals surface area contributed by atoms with Gasteiger partial charge in [0.25, 0.3) is 0 Å². The van der Waals surface area contributed by atoms with Crippen LogP contribution in [0.25, 0.3) is 0 Å². The van der Waals surface area contributed by atoms with Gasteiger partial charge in [0.05, 0.1) is 12.6 Å². The number of carbonyl (C=O) groups is 2. The van der Waals surface area contributed by atoms with E-state index in [0.717, 1.165) is 13.0 Å². The van der Waals surface area contributed by atoms with E-state index in [1.165, 1.54) is 6.07 Å². The molecule has 1 fully saturated rings. The lowest BCUT2D eigenvalue weighted by Crippen LogP contribution is -2.45. The summed E-state index contributed by atoms with van der Waals surface area (Å²) >= 11 is 0. The first-order valence-electron chi connectivity index (χ1n) is 8.51. The fourth-order valence-electron chi connectivity index (χ4n) is 3.06. The van der Waals surface area contributed by atoms with Crippen molar-refractivity contribution in [3.63, 3.8) is 0 Å². The Bertz CT molecular complexity index is 792. The number of hydrogen-bond acceptors (Lipinski definition) is 5. The largest absolute Gasteiger partial charge is 0.360 e. The maximum atomic E-state index is 13.8. The van der Waals surface area contributed by atoms with Crippen LogP contribution in [0.1, 0.15) is 24.2 Å². The van der Waals surface area contributed by atoms with Gasteiger partial charge < -0.3 is 15.2 Å². The molecule has 0 spiro atoms. The van der Waals surface area contributed by atoms with Crippen LogP contribution in [-0.2, 0) is 16.1 Å². The van der Waals surface area contributed by atoms with Gasteiger partial charge in [-0.2, -0.15) is 0 Å². The second-order valence-electron chi connectivity index (χ2n) is 6.31. The fraction of sp³-hybridized carbons (Fsp3) is 0.389. The maximum Gasteiger partial charge on any atom is 0.245 e. The average Bonchev–Trinajstić information content (AvgIpc) is 3.24. The maximum absolute atomic E-state index is 13.8. The first kappa shape index (κ1) is 18.1. The van der Waals surface area contributed by atoms with Crippen molar-refractivity contribution < 1.29 is 18.5 Å². The second-order valence-corrected chi connectivity index (χ2v) is 6.31. The molecule has 1 atom stereocenters. The Labute approximate surface area is 150 Å². The fourth-order valence-corrected chi connectivity index (χ4v) is 3.06. The molecular formula is C18H21FN4O3. The van der Waals surface area contributed by atoms with Crippen molar-refractivity contribution in [2.24, 2.45) is 0 Å². The van der Waals surface area contributed by atoms with Gasteiger partial charge in [0, 0.05) is 18.2 Å². The molecule has 8 heteroatoms. The van der Waals surface area contributed by atoms with Crippen molar-refractivity contribution in [1.29, 1.82) is 0 Å². The topological polar surface area (TPSA) is 87.5 Å². The van der Waals surface area contributed by atoms with E-state index in [1.54, 1.807) is 31.2 Å². The highest BCUT2D eigenvalue weighted by molar-refractivity contribution is 5.94. The average molecular weight is 360 g/mol. The molecule has 1 saturated heterocycles. The van der Waals surface area contributed by atoms with E-state index in [0.29, 0.717) is 30.1 Å². The Hall–Kier alpha value is -2.74. The van der Waals surface area contributed by atoms with Crippen molar-refractivity contribution in [3.05, 3.63) is 47.5 Å². The van der Waals surface area contributed by atoms with Crippen LogP contribution in [0.5, 0.6) is 0 Å². The first-order valence-corrected chi connectivity index (χ1v) is 8.51. The van der Waals surface area contributed by atoms with Gasteiger partial charge in [-0.3, -0.25) is 14.5 Å². The van der Waals surface area contributed by atoms with Crippen LogP contribution in [0.3, 0.4) is 0 Å². The summed E-state index contributed by atoms with van der Waals surface area (Å²) in [5, 5.41) is 8.85. The molecular weight excluding hydrogens is 339 g/mol. The Morgan fingerprint density at radius 3 is 2.92 bits per heavy atom. The summed E-state index contributed by atoms with van der Waals surface area (Å²) in [4.78, 5) is 26.3. The lowest BCUT2D eigenvalue weighted by atomic mass is 10.1. The summed E-state index contributed by atoms with van der Waals surface area (Å²) in [7, 11) is 0. The molecule has 138 valence electrons. The predicted octanol–water partition coefficient (Wildman–Crippen LogP) is 1.84. The van der Waals surface area contributed by atoms with Crippen LogP contribution in [-0.4, -0.2) is 41.0 Å². The van der Waals surface area contributed by atoms with Gasteiger partial charge in [0.15, 0.2) is 5.82 Å². The van der Waals surface area contributed by atoms with Gasteiger partial charge >= 0.3 is 0 Å². The number of anilines is 1. The molecule has 1 aromatic heterocycles. The van der Waals surface area contributed by atoms with Crippen LogP contribution in [0.15, 0.2) is 34.9 Å². The molecule has 3 rings (SSSR count). The number of rotatable bonds is 6.